The number of hydrogen-bond donors (Lipinski definition) is 0. The zero-order valence-corrected chi connectivity index (χ0v) is 11.2. The summed E-state index contributed by atoms with van der Waals surface area (Å²) in [7, 11) is 0. The highest BCUT2D eigenvalue weighted by molar-refractivity contribution is 6.31. The Kier molecular flexibility index (Phi) is 3.01. The lowest BCUT2D eigenvalue weighted by atomic mass is 10.2. The van der Waals surface area contributed by atoms with Gasteiger partial charge in [0.25, 0.3) is 5.69 Å². The second-order valence-electron chi connectivity index (χ2n) is 4.23. The first-order valence-corrected chi connectivity index (χ1v) is 6.16. The minimum Gasteiger partial charge on any atom is -0.282 e. The maximum Gasteiger partial charge on any atom is 0.271 e. The summed E-state index contributed by atoms with van der Waals surface area (Å²) in [6, 6.07) is 9.41. The first-order chi connectivity index (χ1) is 10.1. The van der Waals surface area contributed by atoms with Gasteiger partial charge in [0.2, 0.25) is 0 Å². The number of nitriles is 1. The molecule has 0 amide bonds. The van der Waals surface area contributed by atoms with E-state index >= 15 is 0 Å². The Hall–Kier alpha value is -2.98. The third-order valence-electron chi connectivity index (χ3n) is 2.89. The fraction of sp³-hybridized carbons (Fsp3) is 0. The predicted octanol–water partition coefficient (Wildman–Crippen LogP) is 2.83. The lowest BCUT2D eigenvalue weighted by molar-refractivity contribution is -0.384. The first-order valence-electron chi connectivity index (χ1n) is 5.79. The van der Waals surface area contributed by atoms with Gasteiger partial charge in [-0.3, -0.25) is 14.5 Å². The summed E-state index contributed by atoms with van der Waals surface area (Å²) in [6.45, 7) is 0. The van der Waals surface area contributed by atoms with Crippen LogP contribution in [0.1, 0.15) is 5.56 Å². The SMILES string of the molecule is N#Cc1ccn2c(-c3cc(Cl)cc([N+](=O)[O-])c3)nnc2c1. The second-order valence-corrected chi connectivity index (χ2v) is 4.67. The van der Waals surface area contributed by atoms with Gasteiger partial charge >= 0.3 is 0 Å². The predicted molar refractivity (Wildman–Crippen MR) is 74.8 cm³/mol. The molecule has 0 radical (unpaired) electrons. The van der Waals surface area contributed by atoms with Crippen LogP contribution in [0.4, 0.5) is 5.69 Å². The molecule has 0 bridgehead atoms. The van der Waals surface area contributed by atoms with Crippen LogP contribution in [0.3, 0.4) is 0 Å². The van der Waals surface area contributed by atoms with Crippen LogP contribution in [0.15, 0.2) is 36.5 Å². The number of halogens is 1. The van der Waals surface area contributed by atoms with Crippen molar-refractivity contribution < 1.29 is 4.92 Å². The molecule has 3 rings (SSSR count). The highest BCUT2D eigenvalue weighted by Gasteiger charge is 2.14. The number of nitro benzene ring substituents is 1. The van der Waals surface area contributed by atoms with Crippen LogP contribution in [-0.4, -0.2) is 19.5 Å². The van der Waals surface area contributed by atoms with Crippen LogP contribution >= 0.6 is 11.6 Å². The summed E-state index contributed by atoms with van der Waals surface area (Å²) >= 11 is 5.90. The Morgan fingerprint density at radius 2 is 2.10 bits per heavy atom. The molecule has 2 heterocycles. The monoisotopic (exact) mass is 299 g/mol. The quantitative estimate of drug-likeness (QED) is 0.535. The van der Waals surface area contributed by atoms with E-state index in [0.717, 1.165) is 0 Å². The number of hydrogen-bond acceptors (Lipinski definition) is 5. The number of nitro groups is 1. The van der Waals surface area contributed by atoms with Gasteiger partial charge in [-0.2, -0.15) is 5.26 Å². The molecule has 7 nitrogen and oxygen atoms in total. The van der Waals surface area contributed by atoms with Gasteiger partial charge in [-0.25, -0.2) is 0 Å². The summed E-state index contributed by atoms with van der Waals surface area (Å²) in [6.07, 6.45) is 1.63. The molecule has 0 aliphatic carbocycles. The van der Waals surface area contributed by atoms with Crippen LogP contribution in [0.5, 0.6) is 0 Å². The van der Waals surface area contributed by atoms with E-state index in [0.29, 0.717) is 22.6 Å². The summed E-state index contributed by atoms with van der Waals surface area (Å²) in [5.41, 5.74) is 1.29. The number of rotatable bonds is 2. The molecule has 0 saturated heterocycles. The van der Waals surface area contributed by atoms with Crippen molar-refractivity contribution in [3.05, 3.63) is 57.2 Å². The van der Waals surface area contributed by atoms with Crippen molar-refractivity contribution in [1.82, 2.24) is 14.6 Å². The Morgan fingerprint density at radius 1 is 1.29 bits per heavy atom. The van der Waals surface area contributed by atoms with E-state index in [1.165, 1.54) is 12.1 Å². The average molecular weight is 300 g/mol. The molecule has 0 saturated carbocycles. The number of nitrogens with zero attached hydrogens (tertiary/aromatic N) is 5. The third kappa shape index (κ3) is 2.28. The fourth-order valence-corrected chi connectivity index (χ4v) is 2.20. The van der Waals surface area contributed by atoms with Crippen LogP contribution in [0.25, 0.3) is 17.0 Å². The highest BCUT2D eigenvalue weighted by Crippen LogP contribution is 2.27. The minimum absolute atomic E-state index is 0.122. The van der Waals surface area contributed by atoms with Gasteiger partial charge in [0, 0.05) is 35.0 Å². The molecule has 0 N–H and O–H groups in total. The van der Waals surface area contributed by atoms with Crippen molar-refractivity contribution >= 4 is 22.9 Å². The third-order valence-corrected chi connectivity index (χ3v) is 3.11. The molecule has 1 aromatic carbocycles. The normalized spacial score (nSPS) is 10.5. The molecule has 102 valence electrons. The molecule has 21 heavy (non-hydrogen) atoms. The zero-order chi connectivity index (χ0) is 15.0. The van der Waals surface area contributed by atoms with E-state index in [1.54, 1.807) is 28.8 Å². The van der Waals surface area contributed by atoms with Crippen molar-refractivity contribution in [3.8, 4) is 17.5 Å². The number of aromatic nitrogens is 3. The summed E-state index contributed by atoms with van der Waals surface area (Å²) in [4.78, 5) is 10.4. The van der Waals surface area contributed by atoms with Crippen molar-refractivity contribution in [2.75, 3.05) is 0 Å². The van der Waals surface area contributed by atoms with Gasteiger partial charge in [-0.15, -0.1) is 10.2 Å². The van der Waals surface area contributed by atoms with Crippen LogP contribution in [-0.2, 0) is 0 Å². The first kappa shape index (κ1) is 13.0. The van der Waals surface area contributed by atoms with Crippen LogP contribution < -0.4 is 0 Å². The van der Waals surface area contributed by atoms with Crippen LogP contribution in [0, 0.1) is 21.4 Å². The maximum atomic E-state index is 10.9. The van der Waals surface area contributed by atoms with E-state index in [-0.39, 0.29) is 10.7 Å². The Bertz CT molecular complexity index is 913. The smallest absolute Gasteiger partial charge is 0.271 e. The number of fused-ring (bicyclic) bond motifs is 1. The molecule has 3 aromatic rings. The van der Waals surface area contributed by atoms with Gasteiger partial charge in [0.1, 0.15) is 0 Å². The van der Waals surface area contributed by atoms with E-state index in [9.17, 15) is 10.1 Å². The molecule has 0 aliphatic rings. The largest absolute Gasteiger partial charge is 0.282 e. The van der Waals surface area contributed by atoms with Gasteiger partial charge in [0.15, 0.2) is 11.5 Å². The van der Waals surface area contributed by atoms with Gasteiger partial charge in [-0.05, 0) is 12.1 Å². The van der Waals surface area contributed by atoms with Gasteiger partial charge < -0.3 is 0 Å². The minimum atomic E-state index is -0.521. The molecule has 8 heteroatoms. The maximum absolute atomic E-state index is 10.9. The topological polar surface area (TPSA) is 97.1 Å². The zero-order valence-electron chi connectivity index (χ0n) is 10.4. The molecule has 0 unspecified atom stereocenters. The molecular formula is C13H6ClN5O2. The average Bonchev–Trinajstić information content (AvgIpc) is 2.89. The number of pyridine rings is 1. The highest BCUT2D eigenvalue weighted by atomic mass is 35.5. The summed E-state index contributed by atoms with van der Waals surface area (Å²) < 4.78 is 1.64. The number of benzene rings is 1. The van der Waals surface area contributed by atoms with Crippen LogP contribution in [0.2, 0.25) is 5.02 Å². The Morgan fingerprint density at radius 3 is 2.81 bits per heavy atom. The molecular weight excluding hydrogens is 294 g/mol. The summed E-state index contributed by atoms with van der Waals surface area (Å²) in [5.74, 6) is 0.417. The summed E-state index contributed by atoms with van der Waals surface area (Å²) in [5, 5.41) is 27.9. The second kappa shape index (κ2) is 4.85. The van der Waals surface area contributed by atoms with E-state index in [4.69, 9.17) is 16.9 Å². The molecule has 0 aliphatic heterocycles. The lowest BCUT2D eigenvalue weighted by Gasteiger charge is -2.01. The Labute approximate surface area is 123 Å². The van der Waals surface area contributed by atoms with Gasteiger partial charge in [0.05, 0.1) is 16.6 Å². The van der Waals surface area contributed by atoms with E-state index in [1.807, 2.05) is 6.07 Å². The van der Waals surface area contributed by atoms with E-state index < -0.39 is 4.92 Å². The van der Waals surface area contributed by atoms with Crippen molar-refractivity contribution in [2.45, 2.75) is 0 Å². The standard InChI is InChI=1S/C13H6ClN5O2/c14-10-4-9(5-11(6-10)19(20)21)13-17-16-12-3-8(7-15)1-2-18(12)13/h1-6H. The Balaban J connectivity index is 2.21. The molecule has 2 aromatic heterocycles. The van der Waals surface area contributed by atoms with Gasteiger partial charge in [-0.1, -0.05) is 11.6 Å². The van der Waals surface area contributed by atoms with Crippen molar-refractivity contribution in [1.29, 1.82) is 5.26 Å². The van der Waals surface area contributed by atoms with E-state index in [2.05, 4.69) is 10.2 Å². The molecule has 0 atom stereocenters. The van der Waals surface area contributed by atoms with Crippen molar-refractivity contribution in [3.63, 3.8) is 0 Å². The molecule has 0 spiro atoms. The number of non-ortho nitro benzene ring substituents is 1. The molecule has 0 fully saturated rings. The lowest BCUT2D eigenvalue weighted by Crippen LogP contribution is -1.93. The van der Waals surface area contributed by atoms with Crippen molar-refractivity contribution in [2.24, 2.45) is 0 Å². The fourth-order valence-electron chi connectivity index (χ4n) is 1.97.